The van der Waals surface area contributed by atoms with Gasteiger partial charge in [0, 0.05) is 6.04 Å². The van der Waals surface area contributed by atoms with Crippen LogP contribution < -0.4 is 5.73 Å². The van der Waals surface area contributed by atoms with Crippen molar-refractivity contribution in [1.29, 1.82) is 0 Å². The lowest BCUT2D eigenvalue weighted by molar-refractivity contribution is 0.0188. The molecule has 0 saturated heterocycles. The van der Waals surface area contributed by atoms with Crippen LogP contribution in [0.2, 0.25) is 0 Å². The van der Waals surface area contributed by atoms with Crippen LogP contribution in [0, 0.1) is 11.3 Å². The first-order valence-corrected chi connectivity index (χ1v) is 6.04. The summed E-state index contributed by atoms with van der Waals surface area (Å²) in [5.74, 6) is 0.382. The van der Waals surface area contributed by atoms with Crippen molar-refractivity contribution >= 4 is 0 Å². The van der Waals surface area contributed by atoms with Crippen LogP contribution in [0.3, 0.4) is 0 Å². The van der Waals surface area contributed by atoms with Gasteiger partial charge in [-0.1, -0.05) is 19.8 Å². The molecule has 0 heterocycles. The topological polar surface area (TPSA) is 46.2 Å². The second-order valence-corrected chi connectivity index (χ2v) is 5.69. The van der Waals surface area contributed by atoms with Crippen molar-refractivity contribution < 1.29 is 5.11 Å². The molecule has 0 aliphatic heterocycles. The van der Waals surface area contributed by atoms with Crippen LogP contribution in [0.25, 0.3) is 0 Å². The Labute approximate surface area is 86.9 Å². The van der Waals surface area contributed by atoms with Gasteiger partial charge in [-0.05, 0) is 43.4 Å². The number of hydrogen-bond donors (Lipinski definition) is 2. The zero-order valence-electron chi connectivity index (χ0n) is 9.21. The summed E-state index contributed by atoms with van der Waals surface area (Å²) in [6, 6.07) is 0.258. The fourth-order valence-corrected chi connectivity index (χ4v) is 3.14. The van der Waals surface area contributed by atoms with Gasteiger partial charge in [0.05, 0.1) is 6.10 Å². The SMILES string of the molecule is CC1(CC(O)[C@@H]2CCC[C@@H]2N)CCC1. The lowest BCUT2D eigenvalue weighted by Crippen LogP contribution is -2.38. The fourth-order valence-electron chi connectivity index (χ4n) is 3.14. The maximum absolute atomic E-state index is 10.1. The second-order valence-electron chi connectivity index (χ2n) is 5.69. The first-order chi connectivity index (χ1) is 6.61. The van der Waals surface area contributed by atoms with Gasteiger partial charge in [0.25, 0.3) is 0 Å². The molecule has 2 aliphatic carbocycles. The van der Waals surface area contributed by atoms with Gasteiger partial charge in [-0.2, -0.15) is 0 Å². The highest BCUT2D eigenvalue weighted by molar-refractivity contribution is 4.91. The molecular formula is C12H23NO. The van der Waals surface area contributed by atoms with Gasteiger partial charge >= 0.3 is 0 Å². The van der Waals surface area contributed by atoms with Crippen molar-refractivity contribution in [1.82, 2.24) is 0 Å². The summed E-state index contributed by atoms with van der Waals surface area (Å²) < 4.78 is 0. The van der Waals surface area contributed by atoms with Gasteiger partial charge in [-0.3, -0.25) is 0 Å². The summed E-state index contributed by atoms with van der Waals surface area (Å²) in [5.41, 5.74) is 6.43. The summed E-state index contributed by atoms with van der Waals surface area (Å²) >= 11 is 0. The first-order valence-electron chi connectivity index (χ1n) is 6.04. The molecule has 2 heteroatoms. The highest BCUT2D eigenvalue weighted by Crippen LogP contribution is 2.46. The zero-order chi connectivity index (χ0) is 10.2. The molecule has 0 aromatic heterocycles. The molecule has 3 atom stereocenters. The highest BCUT2D eigenvalue weighted by Gasteiger charge is 2.38. The number of hydrogen-bond acceptors (Lipinski definition) is 2. The van der Waals surface area contributed by atoms with Crippen molar-refractivity contribution in [2.24, 2.45) is 17.1 Å². The van der Waals surface area contributed by atoms with Gasteiger partial charge < -0.3 is 10.8 Å². The van der Waals surface area contributed by atoms with Crippen LogP contribution in [-0.2, 0) is 0 Å². The molecule has 2 saturated carbocycles. The third-order valence-corrected chi connectivity index (χ3v) is 4.38. The predicted octanol–water partition coefficient (Wildman–Crippen LogP) is 2.05. The summed E-state index contributed by atoms with van der Waals surface area (Å²) in [4.78, 5) is 0. The first kappa shape index (κ1) is 10.4. The third kappa shape index (κ3) is 1.96. The van der Waals surface area contributed by atoms with E-state index in [1.54, 1.807) is 0 Å². The Balaban J connectivity index is 1.85. The molecule has 0 aromatic carbocycles. The predicted molar refractivity (Wildman–Crippen MR) is 57.9 cm³/mol. The Morgan fingerprint density at radius 3 is 2.50 bits per heavy atom. The highest BCUT2D eigenvalue weighted by atomic mass is 16.3. The molecule has 0 amide bonds. The minimum Gasteiger partial charge on any atom is -0.393 e. The van der Waals surface area contributed by atoms with Gasteiger partial charge in [0.2, 0.25) is 0 Å². The van der Waals surface area contributed by atoms with Crippen LogP contribution in [-0.4, -0.2) is 17.3 Å². The van der Waals surface area contributed by atoms with Crippen molar-refractivity contribution in [3.63, 3.8) is 0 Å². The fraction of sp³-hybridized carbons (Fsp3) is 1.00. The normalized spacial score (nSPS) is 37.9. The second kappa shape index (κ2) is 3.82. The maximum atomic E-state index is 10.1. The number of aliphatic hydroxyl groups excluding tert-OH is 1. The largest absolute Gasteiger partial charge is 0.393 e. The zero-order valence-corrected chi connectivity index (χ0v) is 9.21. The molecule has 2 rings (SSSR count). The van der Waals surface area contributed by atoms with Crippen molar-refractivity contribution in [2.75, 3.05) is 0 Å². The standard InChI is InChI=1S/C12H23NO/c1-12(6-3-7-12)8-11(14)9-4-2-5-10(9)13/h9-11,14H,2-8,13H2,1H3/t9-,10+,11?/m1/s1. The summed E-state index contributed by atoms with van der Waals surface area (Å²) in [6.07, 6.45) is 8.23. The summed E-state index contributed by atoms with van der Waals surface area (Å²) in [7, 11) is 0. The number of rotatable bonds is 3. The van der Waals surface area contributed by atoms with Gasteiger partial charge in [0.15, 0.2) is 0 Å². The Morgan fingerprint density at radius 1 is 1.36 bits per heavy atom. The molecule has 0 spiro atoms. The molecule has 14 heavy (non-hydrogen) atoms. The van der Waals surface area contributed by atoms with Crippen LogP contribution >= 0.6 is 0 Å². The van der Waals surface area contributed by atoms with Crippen LogP contribution in [0.15, 0.2) is 0 Å². The molecule has 2 aliphatic rings. The quantitative estimate of drug-likeness (QED) is 0.727. The minimum absolute atomic E-state index is 0.141. The molecule has 0 radical (unpaired) electrons. The lowest BCUT2D eigenvalue weighted by atomic mass is 9.66. The van der Waals surface area contributed by atoms with E-state index in [0.29, 0.717) is 11.3 Å². The average Bonchev–Trinajstić information content (AvgIpc) is 2.48. The van der Waals surface area contributed by atoms with E-state index in [0.717, 1.165) is 19.3 Å². The van der Waals surface area contributed by atoms with E-state index in [-0.39, 0.29) is 12.1 Å². The third-order valence-electron chi connectivity index (χ3n) is 4.38. The molecule has 0 bridgehead atoms. The monoisotopic (exact) mass is 197 g/mol. The van der Waals surface area contributed by atoms with E-state index in [1.807, 2.05) is 0 Å². The van der Waals surface area contributed by atoms with Crippen LogP contribution in [0.1, 0.15) is 51.9 Å². The smallest absolute Gasteiger partial charge is 0.0588 e. The van der Waals surface area contributed by atoms with Crippen molar-refractivity contribution in [3.05, 3.63) is 0 Å². The Bertz CT molecular complexity index is 200. The van der Waals surface area contributed by atoms with E-state index in [2.05, 4.69) is 6.92 Å². The molecule has 3 N–H and O–H groups in total. The number of nitrogens with two attached hydrogens (primary N) is 1. The molecule has 1 unspecified atom stereocenters. The van der Waals surface area contributed by atoms with Crippen LogP contribution in [0.4, 0.5) is 0 Å². The van der Waals surface area contributed by atoms with Gasteiger partial charge in [0.1, 0.15) is 0 Å². The van der Waals surface area contributed by atoms with Crippen molar-refractivity contribution in [3.8, 4) is 0 Å². The summed E-state index contributed by atoms with van der Waals surface area (Å²) in [5, 5.41) is 10.1. The van der Waals surface area contributed by atoms with Crippen LogP contribution in [0.5, 0.6) is 0 Å². The van der Waals surface area contributed by atoms with Gasteiger partial charge in [-0.15, -0.1) is 0 Å². The molecule has 2 fully saturated rings. The van der Waals surface area contributed by atoms with E-state index in [4.69, 9.17) is 5.73 Å². The Hall–Kier alpha value is -0.0800. The Kier molecular flexibility index (Phi) is 2.85. The molecule has 82 valence electrons. The minimum atomic E-state index is -0.141. The Morgan fingerprint density at radius 2 is 2.07 bits per heavy atom. The van der Waals surface area contributed by atoms with E-state index >= 15 is 0 Å². The molecule has 0 aromatic rings. The molecule has 2 nitrogen and oxygen atoms in total. The molecular weight excluding hydrogens is 174 g/mol. The van der Waals surface area contributed by atoms with Crippen molar-refractivity contribution in [2.45, 2.75) is 64.0 Å². The maximum Gasteiger partial charge on any atom is 0.0588 e. The van der Waals surface area contributed by atoms with E-state index in [9.17, 15) is 5.11 Å². The van der Waals surface area contributed by atoms with E-state index < -0.39 is 0 Å². The number of aliphatic hydroxyl groups is 1. The van der Waals surface area contributed by atoms with E-state index in [1.165, 1.54) is 25.7 Å². The summed E-state index contributed by atoms with van der Waals surface area (Å²) in [6.45, 7) is 2.31. The van der Waals surface area contributed by atoms with Gasteiger partial charge in [-0.25, -0.2) is 0 Å². The average molecular weight is 197 g/mol. The lowest BCUT2D eigenvalue weighted by Gasteiger charge is -2.41.